The third kappa shape index (κ3) is 2.50. The molecular weight excluding hydrogens is 272 g/mol. The maximum absolute atomic E-state index is 10.5. The van der Waals surface area contributed by atoms with E-state index in [1.165, 1.54) is 0 Å². The molecule has 1 N–H and O–H groups in total. The predicted octanol–water partition coefficient (Wildman–Crippen LogP) is 3.56. The maximum atomic E-state index is 10.5. The van der Waals surface area contributed by atoms with Crippen LogP contribution in [-0.2, 0) is 6.42 Å². The Morgan fingerprint density at radius 2 is 1.95 bits per heavy atom. The molecule has 4 heteroatoms. The number of fused-ring (bicyclic) bond motifs is 1. The molecule has 1 atom stereocenters. The van der Waals surface area contributed by atoms with Crippen molar-refractivity contribution in [2.45, 2.75) is 12.5 Å². The fraction of sp³-hybridized carbons (Fsp3) is 0.125. The monoisotopic (exact) mass is 284 g/mol. The first-order chi connectivity index (χ1) is 9.75. The molecule has 0 amide bonds. The molecule has 20 heavy (non-hydrogen) atoms. The molecule has 1 unspecified atom stereocenters. The molecular formula is C16H13ClN2O. The zero-order chi connectivity index (χ0) is 13.9. The minimum absolute atomic E-state index is 0.442. The van der Waals surface area contributed by atoms with Crippen LogP contribution in [0.4, 0.5) is 0 Å². The number of aliphatic hydroxyl groups is 1. The van der Waals surface area contributed by atoms with E-state index >= 15 is 0 Å². The Kier molecular flexibility index (Phi) is 3.63. The minimum atomic E-state index is -0.645. The SMILES string of the molecule is OC(Cc1ccncc1Cl)c1cccc2cccnc12. The van der Waals surface area contributed by atoms with Gasteiger partial charge in [-0.25, -0.2) is 0 Å². The van der Waals surface area contributed by atoms with Crippen molar-refractivity contribution in [2.24, 2.45) is 0 Å². The van der Waals surface area contributed by atoms with E-state index in [4.69, 9.17) is 11.6 Å². The van der Waals surface area contributed by atoms with Crippen LogP contribution < -0.4 is 0 Å². The lowest BCUT2D eigenvalue weighted by Crippen LogP contribution is -2.04. The summed E-state index contributed by atoms with van der Waals surface area (Å²) < 4.78 is 0. The van der Waals surface area contributed by atoms with Crippen LogP contribution in [0, 0.1) is 0 Å². The average molecular weight is 285 g/mol. The number of hydrogen-bond donors (Lipinski definition) is 1. The summed E-state index contributed by atoms with van der Waals surface area (Å²) in [5, 5.41) is 12.1. The maximum Gasteiger partial charge on any atom is 0.0851 e. The normalized spacial score (nSPS) is 12.5. The summed E-state index contributed by atoms with van der Waals surface area (Å²) >= 11 is 6.08. The van der Waals surface area contributed by atoms with E-state index in [9.17, 15) is 5.11 Å². The topological polar surface area (TPSA) is 46.0 Å². The van der Waals surface area contributed by atoms with E-state index in [2.05, 4.69) is 9.97 Å². The summed E-state index contributed by atoms with van der Waals surface area (Å²) in [5.74, 6) is 0. The molecule has 0 fully saturated rings. The molecule has 0 saturated carbocycles. The van der Waals surface area contributed by atoms with Gasteiger partial charge >= 0.3 is 0 Å². The summed E-state index contributed by atoms with van der Waals surface area (Å²) in [5.41, 5.74) is 2.52. The second kappa shape index (κ2) is 5.57. The van der Waals surface area contributed by atoms with Crippen LogP contribution in [0.25, 0.3) is 10.9 Å². The van der Waals surface area contributed by atoms with Crippen molar-refractivity contribution in [2.75, 3.05) is 0 Å². The van der Waals surface area contributed by atoms with E-state index in [1.807, 2.05) is 36.4 Å². The van der Waals surface area contributed by atoms with Crippen molar-refractivity contribution in [3.05, 3.63) is 71.1 Å². The molecule has 0 spiro atoms. The Bertz CT molecular complexity index is 740. The van der Waals surface area contributed by atoms with Gasteiger partial charge in [-0.1, -0.05) is 35.9 Å². The van der Waals surface area contributed by atoms with Gasteiger partial charge in [-0.3, -0.25) is 9.97 Å². The van der Waals surface area contributed by atoms with E-state index in [1.54, 1.807) is 18.6 Å². The number of benzene rings is 1. The quantitative estimate of drug-likeness (QED) is 0.800. The van der Waals surface area contributed by atoms with E-state index in [0.717, 1.165) is 22.0 Å². The third-order valence-corrected chi connectivity index (χ3v) is 3.63. The molecule has 3 nitrogen and oxygen atoms in total. The summed E-state index contributed by atoms with van der Waals surface area (Å²) in [6, 6.07) is 11.5. The highest BCUT2D eigenvalue weighted by molar-refractivity contribution is 6.31. The number of aliphatic hydroxyl groups excluding tert-OH is 1. The van der Waals surface area contributed by atoms with Gasteiger partial charge in [0.1, 0.15) is 0 Å². The largest absolute Gasteiger partial charge is 0.388 e. The van der Waals surface area contributed by atoms with Crippen LogP contribution in [0.15, 0.2) is 55.0 Å². The smallest absolute Gasteiger partial charge is 0.0851 e. The van der Waals surface area contributed by atoms with Crippen LogP contribution in [0.2, 0.25) is 5.02 Å². The number of nitrogens with zero attached hydrogens (tertiary/aromatic N) is 2. The van der Waals surface area contributed by atoms with E-state index < -0.39 is 6.10 Å². The fourth-order valence-corrected chi connectivity index (χ4v) is 2.48. The zero-order valence-electron chi connectivity index (χ0n) is 10.7. The molecule has 2 heterocycles. The minimum Gasteiger partial charge on any atom is -0.388 e. The number of hydrogen-bond acceptors (Lipinski definition) is 3. The molecule has 0 aliphatic heterocycles. The van der Waals surface area contributed by atoms with Crippen molar-refractivity contribution in [1.29, 1.82) is 0 Å². The number of halogens is 1. The molecule has 100 valence electrons. The van der Waals surface area contributed by atoms with Crippen molar-refractivity contribution < 1.29 is 5.11 Å². The molecule has 2 aromatic heterocycles. The molecule has 0 bridgehead atoms. The summed E-state index contributed by atoms with van der Waals surface area (Å²) in [6.45, 7) is 0. The van der Waals surface area contributed by atoms with Gasteiger partial charge in [0.05, 0.1) is 16.6 Å². The van der Waals surface area contributed by atoms with E-state index in [-0.39, 0.29) is 0 Å². The Labute approximate surface area is 121 Å². The van der Waals surface area contributed by atoms with Crippen LogP contribution in [-0.4, -0.2) is 15.1 Å². The number of para-hydroxylation sites is 1. The predicted molar refractivity (Wildman–Crippen MR) is 79.7 cm³/mol. The van der Waals surface area contributed by atoms with Gasteiger partial charge in [0.25, 0.3) is 0 Å². The molecule has 0 saturated heterocycles. The Morgan fingerprint density at radius 3 is 2.80 bits per heavy atom. The first-order valence-corrected chi connectivity index (χ1v) is 6.73. The summed E-state index contributed by atoms with van der Waals surface area (Å²) in [4.78, 5) is 8.31. The lowest BCUT2D eigenvalue weighted by molar-refractivity contribution is 0.180. The molecule has 0 aliphatic rings. The molecule has 0 radical (unpaired) electrons. The first-order valence-electron chi connectivity index (χ1n) is 6.36. The van der Waals surface area contributed by atoms with Crippen molar-refractivity contribution >= 4 is 22.5 Å². The van der Waals surface area contributed by atoms with Crippen LogP contribution in [0.1, 0.15) is 17.2 Å². The Balaban J connectivity index is 1.97. The molecule has 3 rings (SSSR count). The van der Waals surface area contributed by atoms with Crippen LogP contribution >= 0.6 is 11.6 Å². The molecule has 0 aliphatic carbocycles. The second-order valence-corrected chi connectivity index (χ2v) is 5.02. The lowest BCUT2D eigenvalue weighted by atomic mass is 9.99. The highest BCUT2D eigenvalue weighted by Gasteiger charge is 2.14. The highest BCUT2D eigenvalue weighted by atomic mass is 35.5. The van der Waals surface area contributed by atoms with Gasteiger partial charge in [-0.2, -0.15) is 0 Å². The van der Waals surface area contributed by atoms with Crippen LogP contribution in [0.3, 0.4) is 0 Å². The Hall–Kier alpha value is -1.97. The van der Waals surface area contributed by atoms with Gasteiger partial charge in [-0.15, -0.1) is 0 Å². The van der Waals surface area contributed by atoms with Crippen molar-refractivity contribution in [3.8, 4) is 0 Å². The zero-order valence-corrected chi connectivity index (χ0v) is 11.5. The van der Waals surface area contributed by atoms with Gasteiger partial charge in [0.15, 0.2) is 0 Å². The first kappa shape index (κ1) is 13.0. The van der Waals surface area contributed by atoms with Gasteiger partial charge in [0.2, 0.25) is 0 Å². The van der Waals surface area contributed by atoms with Gasteiger partial charge < -0.3 is 5.11 Å². The number of pyridine rings is 2. The lowest BCUT2D eigenvalue weighted by Gasteiger charge is -2.13. The number of aromatic nitrogens is 2. The van der Waals surface area contributed by atoms with Gasteiger partial charge in [-0.05, 0) is 17.7 Å². The standard InChI is InChI=1S/C16H13ClN2O/c17-14-10-18-8-6-12(14)9-15(20)13-5-1-3-11-4-2-7-19-16(11)13/h1-8,10,15,20H,9H2. The highest BCUT2D eigenvalue weighted by Crippen LogP contribution is 2.27. The number of rotatable bonds is 3. The third-order valence-electron chi connectivity index (χ3n) is 3.29. The van der Waals surface area contributed by atoms with Crippen molar-refractivity contribution in [1.82, 2.24) is 9.97 Å². The Morgan fingerprint density at radius 1 is 1.10 bits per heavy atom. The summed E-state index contributed by atoms with van der Waals surface area (Å²) in [7, 11) is 0. The summed E-state index contributed by atoms with van der Waals surface area (Å²) in [6.07, 6.45) is 4.79. The van der Waals surface area contributed by atoms with E-state index in [0.29, 0.717) is 11.4 Å². The van der Waals surface area contributed by atoms with Crippen molar-refractivity contribution in [3.63, 3.8) is 0 Å². The van der Waals surface area contributed by atoms with Gasteiger partial charge in [0, 0.05) is 36.0 Å². The van der Waals surface area contributed by atoms with Crippen LogP contribution in [0.5, 0.6) is 0 Å². The molecule has 3 aromatic rings. The fourth-order valence-electron chi connectivity index (χ4n) is 2.28. The second-order valence-electron chi connectivity index (χ2n) is 4.61. The molecule has 1 aromatic carbocycles. The average Bonchev–Trinajstić information content (AvgIpc) is 2.49.